The number of carbonyl (C=O) groups is 1. The maximum absolute atomic E-state index is 12.7. The highest BCUT2D eigenvalue weighted by Gasteiger charge is 2.14. The van der Waals surface area contributed by atoms with Crippen molar-refractivity contribution in [1.82, 2.24) is 14.9 Å². The van der Waals surface area contributed by atoms with E-state index in [-0.39, 0.29) is 11.3 Å². The van der Waals surface area contributed by atoms with Gasteiger partial charge in [-0.3, -0.25) is 4.79 Å². The second-order valence-corrected chi connectivity index (χ2v) is 10.1. The van der Waals surface area contributed by atoms with Gasteiger partial charge in [0.1, 0.15) is 18.2 Å². The molecule has 0 spiro atoms. The van der Waals surface area contributed by atoms with Crippen LogP contribution >= 0.6 is 0 Å². The molecule has 0 aliphatic heterocycles. The van der Waals surface area contributed by atoms with Crippen molar-refractivity contribution < 1.29 is 9.53 Å². The highest BCUT2D eigenvalue weighted by Crippen LogP contribution is 2.24. The Morgan fingerprint density at radius 1 is 1.00 bits per heavy atom. The molecule has 0 saturated heterocycles. The Labute approximate surface area is 208 Å². The molecule has 5 nitrogen and oxygen atoms in total. The Morgan fingerprint density at radius 2 is 1.74 bits per heavy atom. The van der Waals surface area contributed by atoms with E-state index in [4.69, 9.17) is 9.72 Å². The van der Waals surface area contributed by atoms with Gasteiger partial charge in [-0.05, 0) is 60.7 Å². The van der Waals surface area contributed by atoms with Crippen LogP contribution in [0.5, 0.6) is 5.75 Å². The van der Waals surface area contributed by atoms with E-state index in [2.05, 4.69) is 48.9 Å². The zero-order chi connectivity index (χ0) is 25.0. The number of imidazole rings is 1. The minimum atomic E-state index is -0.0489. The van der Waals surface area contributed by atoms with Crippen LogP contribution in [-0.4, -0.2) is 28.6 Å². The smallest absolute Gasteiger partial charge is 0.251 e. The summed E-state index contributed by atoms with van der Waals surface area (Å²) in [5.74, 6) is 1.76. The van der Waals surface area contributed by atoms with Crippen molar-refractivity contribution in [2.45, 2.75) is 53.0 Å². The van der Waals surface area contributed by atoms with Gasteiger partial charge in [0.15, 0.2) is 0 Å². The number of aryl methyl sites for hydroxylation is 2. The van der Waals surface area contributed by atoms with Crippen molar-refractivity contribution in [2.75, 3.05) is 13.2 Å². The summed E-state index contributed by atoms with van der Waals surface area (Å²) in [6, 6.07) is 22.4. The van der Waals surface area contributed by atoms with Crippen LogP contribution in [0, 0.1) is 13.8 Å². The highest BCUT2D eigenvalue weighted by atomic mass is 16.5. The number of nitrogens with one attached hydrogen (secondary N) is 1. The van der Waals surface area contributed by atoms with Crippen molar-refractivity contribution in [1.29, 1.82) is 0 Å². The Hall–Kier alpha value is -3.60. The molecule has 0 atom stereocenters. The van der Waals surface area contributed by atoms with Crippen LogP contribution in [0.3, 0.4) is 0 Å². The molecule has 0 bridgehead atoms. The predicted octanol–water partition coefficient (Wildman–Crippen LogP) is 6.00. The van der Waals surface area contributed by atoms with Crippen molar-refractivity contribution in [2.24, 2.45) is 0 Å². The van der Waals surface area contributed by atoms with Gasteiger partial charge >= 0.3 is 0 Å². The second-order valence-electron chi connectivity index (χ2n) is 10.1. The molecule has 4 aromatic rings. The Bertz CT molecular complexity index is 1310. The van der Waals surface area contributed by atoms with Crippen molar-refractivity contribution in [3.05, 3.63) is 94.8 Å². The van der Waals surface area contributed by atoms with Gasteiger partial charge in [-0.1, -0.05) is 62.7 Å². The highest BCUT2D eigenvalue weighted by molar-refractivity contribution is 5.95. The predicted molar refractivity (Wildman–Crippen MR) is 142 cm³/mol. The number of nitrogens with zero attached hydrogens (tertiary/aromatic N) is 2. The normalized spacial score (nSPS) is 11.6. The van der Waals surface area contributed by atoms with Gasteiger partial charge in [0, 0.05) is 18.5 Å². The number of fused-ring (bicyclic) bond motifs is 1. The zero-order valence-corrected chi connectivity index (χ0v) is 21.4. The van der Waals surface area contributed by atoms with E-state index < -0.39 is 0 Å². The van der Waals surface area contributed by atoms with Crippen molar-refractivity contribution >= 4 is 16.9 Å². The fraction of sp³-hybridized carbons (Fsp3) is 0.333. The molecule has 0 fully saturated rings. The molecule has 4 rings (SSSR count). The molecule has 1 N–H and O–H groups in total. The third-order valence-electron chi connectivity index (χ3n) is 6.30. The first kappa shape index (κ1) is 24.5. The van der Waals surface area contributed by atoms with Crippen molar-refractivity contribution in [3.8, 4) is 5.75 Å². The third kappa shape index (κ3) is 5.91. The number of hydrogen-bond acceptors (Lipinski definition) is 3. The summed E-state index contributed by atoms with van der Waals surface area (Å²) in [5, 5.41) is 3.06. The van der Waals surface area contributed by atoms with Crippen LogP contribution in [0.1, 0.15) is 53.6 Å². The minimum Gasteiger partial charge on any atom is -0.492 e. The number of hydrogen-bond donors (Lipinski definition) is 1. The Morgan fingerprint density at radius 3 is 2.46 bits per heavy atom. The van der Waals surface area contributed by atoms with Crippen LogP contribution in [0.15, 0.2) is 66.7 Å². The number of ether oxygens (including phenoxy) is 1. The summed E-state index contributed by atoms with van der Waals surface area (Å²) in [6.07, 6.45) is 0.644. The minimum absolute atomic E-state index is 0.0489. The average molecular weight is 470 g/mol. The first-order chi connectivity index (χ1) is 16.7. The zero-order valence-electron chi connectivity index (χ0n) is 21.4. The lowest BCUT2D eigenvalue weighted by atomic mass is 9.87. The van der Waals surface area contributed by atoms with E-state index >= 15 is 0 Å². The summed E-state index contributed by atoms with van der Waals surface area (Å²) in [6.45, 7) is 12.4. The molecule has 0 unspecified atom stereocenters. The molecule has 0 aliphatic carbocycles. The fourth-order valence-corrected chi connectivity index (χ4v) is 4.32. The fourth-order valence-electron chi connectivity index (χ4n) is 4.32. The second kappa shape index (κ2) is 10.3. The Balaban J connectivity index is 1.41. The number of carbonyl (C=O) groups excluding carboxylic acids is 1. The number of para-hydroxylation sites is 2. The number of amides is 1. The average Bonchev–Trinajstić information content (AvgIpc) is 3.16. The van der Waals surface area contributed by atoms with E-state index in [0.29, 0.717) is 26.1 Å². The first-order valence-electron chi connectivity index (χ1n) is 12.3. The molecule has 0 aliphatic rings. The summed E-state index contributed by atoms with van der Waals surface area (Å²) in [7, 11) is 0. The van der Waals surface area contributed by atoms with Crippen molar-refractivity contribution in [3.63, 3.8) is 0 Å². The molecule has 5 heteroatoms. The molecule has 1 amide bonds. The number of benzene rings is 3. The Kier molecular flexibility index (Phi) is 7.25. The summed E-state index contributed by atoms with van der Waals surface area (Å²) in [4.78, 5) is 17.5. The molecule has 0 radical (unpaired) electrons. The lowest BCUT2D eigenvalue weighted by Crippen LogP contribution is -2.27. The van der Waals surface area contributed by atoms with Gasteiger partial charge in [0.2, 0.25) is 0 Å². The van der Waals surface area contributed by atoms with E-state index in [9.17, 15) is 4.79 Å². The van der Waals surface area contributed by atoms with E-state index in [1.54, 1.807) is 0 Å². The largest absolute Gasteiger partial charge is 0.492 e. The molecule has 1 heterocycles. The maximum atomic E-state index is 12.7. The van der Waals surface area contributed by atoms with Crippen LogP contribution in [0.25, 0.3) is 11.0 Å². The lowest BCUT2D eigenvalue weighted by molar-refractivity contribution is 0.0953. The maximum Gasteiger partial charge on any atom is 0.251 e. The molecule has 0 saturated carbocycles. The van der Waals surface area contributed by atoms with Gasteiger partial charge in [0.25, 0.3) is 5.91 Å². The van der Waals surface area contributed by atoms with Gasteiger partial charge in [0.05, 0.1) is 17.6 Å². The van der Waals surface area contributed by atoms with E-state index in [1.165, 1.54) is 5.56 Å². The molecule has 182 valence electrons. The summed E-state index contributed by atoms with van der Waals surface area (Å²) in [5.41, 5.74) is 6.30. The molecular formula is C30H35N3O2. The number of rotatable bonds is 8. The quantitative estimate of drug-likeness (QED) is 0.344. The SMILES string of the molecule is Cc1ccc(C(=O)NCCc2nc3ccccc3n2CCOc2ccc(C(C)(C)C)cc2)c(C)c1. The standard InChI is InChI=1S/C30H35N3O2/c1-21-10-15-25(22(2)20-21)29(34)31-17-16-28-32-26-8-6-7-9-27(26)33(28)18-19-35-24-13-11-23(12-14-24)30(3,4)5/h6-15,20H,16-19H2,1-5H3,(H,31,34). The topological polar surface area (TPSA) is 56.2 Å². The van der Waals surface area contributed by atoms with Gasteiger partial charge < -0.3 is 14.6 Å². The van der Waals surface area contributed by atoms with E-state index in [1.807, 2.05) is 62.4 Å². The van der Waals surface area contributed by atoms with Crippen LogP contribution in [0.4, 0.5) is 0 Å². The van der Waals surface area contributed by atoms with E-state index in [0.717, 1.165) is 39.3 Å². The first-order valence-corrected chi connectivity index (χ1v) is 12.3. The van der Waals surface area contributed by atoms with Gasteiger partial charge in [-0.2, -0.15) is 0 Å². The third-order valence-corrected chi connectivity index (χ3v) is 6.30. The molecule has 1 aromatic heterocycles. The van der Waals surface area contributed by atoms with Crippen LogP contribution < -0.4 is 10.1 Å². The summed E-state index contributed by atoms with van der Waals surface area (Å²) >= 11 is 0. The number of aromatic nitrogens is 2. The van der Waals surface area contributed by atoms with Gasteiger partial charge in [-0.15, -0.1) is 0 Å². The molecule has 3 aromatic carbocycles. The molecular weight excluding hydrogens is 434 g/mol. The lowest BCUT2D eigenvalue weighted by Gasteiger charge is -2.19. The van der Waals surface area contributed by atoms with Crippen LogP contribution in [-0.2, 0) is 18.4 Å². The molecule has 35 heavy (non-hydrogen) atoms. The van der Waals surface area contributed by atoms with Gasteiger partial charge in [-0.25, -0.2) is 4.98 Å². The van der Waals surface area contributed by atoms with Crippen LogP contribution in [0.2, 0.25) is 0 Å². The monoisotopic (exact) mass is 469 g/mol. The summed E-state index contributed by atoms with van der Waals surface area (Å²) < 4.78 is 8.25.